The number of fused-ring (bicyclic) bond motifs is 1. The average molecular weight is 858 g/mol. The number of nitriles is 1. The molecule has 0 unspecified atom stereocenters. The van der Waals surface area contributed by atoms with E-state index in [-0.39, 0.29) is 50.0 Å². The molecule has 0 aromatic rings. The lowest BCUT2D eigenvalue weighted by atomic mass is 9.77. The van der Waals surface area contributed by atoms with Crippen LogP contribution < -0.4 is 0 Å². The Balaban J connectivity index is 1.84. The molecule has 0 spiro atoms. The molecule has 0 bridgehead atoms. The normalized spacial score (nSPS) is 45.2. The fourth-order valence-corrected chi connectivity index (χ4v) is 9.95. The number of carbonyl (C=O) groups excluding carboxylic acids is 2. The molecule has 346 valence electrons. The van der Waals surface area contributed by atoms with Gasteiger partial charge in [-0.3, -0.25) is 9.59 Å². The van der Waals surface area contributed by atoms with Gasteiger partial charge < -0.3 is 52.8 Å². The van der Waals surface area contributed by atoms with Crippen molar-refractivity contribution in [3.63, 3.8) is 0 Å². The Labute approximate surface area is 357 Å². The van der Waals surface area contributed by atoms with E-state index < -0.39 is 95.9 Å². The Hall–Kier alpha value is -2.05. The van der Waals surface area contributed by atoms with Crippen LogP contribution in [0.5, 0.6) is 0 Å². The zero-order valence-electron chi connectivity index (χ0n) is 38.7. The van der Waals surface area contributed by atoms with Crippen LogP contribution in [0.2, 0.25) is 0 Å². The predicted octanol–water partition coefficient (Wildman–Crippen LogP) is 4.32. The Morgan fingerprint density at radius 3 is 2.32 bits per heavy atom. The molecule has 4 aliphatic heterocycles. The number of nitrogens with zero attached hydrogens (tertiary/aromatic N) is 3. The summed E-state index contributed by atoms with van der Waals surface area (Å²) in [5, 5.41) is 27.2. The number of methoxy groups -OCH3 is 1. The summed E-state index contributed by atoms with van der Waals surface area (Å²) in [6, 6.07) is 1.59. The number of esters is 2. The summed E-state index contributed by atoms with van der Waals surface area (Å²) in [5.74, 6) is -2.89. The molecule has 0 saturated carbocycles. The van der Waals surface area contributed by atoms with Crippen molar-refractivity contribution >= 4 is 11.9 Å². The largest absolute Gasteiger partial charge is 0.459 e. The van der Waals surface area contributed by atoms with Gasteiger partial charge in [-0.2, -0.15) is 15.0 Å². The fraction of sp³-hybridized carbons (Fsp3) is 0.930. The molecule has 4 saturated heterocycles. The maximum absolute atomic E-state index is 14.6. The third-order valence-corrected chi connectivity index (χ3v) is 13.2. The number of ether oxygens (including phenoxy) is 8. The first-order chi connectivity index (χ1) is 28.0. The van der Waals surface area contributed by atoms with Gasteiger partial charge in [-0.15, -0.1) is 0 Å². The standard InChI is InChI=1S/C43H75N3O14/c1-16-32-43(11)37(58-60-59-43)28(6)46(14)23-24(2)21-41(9,49)36(57-40-35(54-30(8)47)31(45(12)13)20-25(3)52-40)26(4)34(27(5)39(48)55-32)56-33-22-42(10,50-15)38(29(7)53-33)51-19-17-18-44/h24-29,31-38,40,49H,16-17,19-23H2,1-15H3/t24-,25-,26+,27-,28-,29+,31+,32-,33+,34+,35-,36-,37-,38+,40+,41-,42-,43-/m1/s1. The molecule has 17 nitrogen and oxygen atoms in total. The van der Waals surface area contributed by atoms with Crippen LogP contribution >= 0.6 is 0 Å². The highest BCUT2D eigenvalue weighted by Crippen LogP contribution is 2.42. The smallest absolute Gasteiger partial charge is 0.311 e. The first kappa shape index (κ1) is 50.6. The minimum Gasteiger partial charge on any atom is -0.459 e. The van der Waals surface area contributed by atoms with Gasteiger partial charge in [-0.05, 0) is 94.8 Å². The molecule has 0 aromatic carbocycles. The summed E-state index contributed by atoms with van der Waals surface area (Å²) >= 11 is 0. The minimum atomic E-state index is -1.56. The van der Waals surface area contributed by atoms with Gasteiger partial charge in [0.1, 0.15) is 18.3 Å². The minimum absolute atomic E-state index is 0.102. The number of aliphatic hydroxyl groups is 1. The lowest BCUT2D eigenvalue weighted by molar-refractivity contribution is -0.477. The number of hydrogen-bond donors (Lipinski definition) is 1. The molecule has 0 aromatic heterocycles. The van der Waals surface area contributed by atoms with Crippen LogP contribution in [-0.2, 0) is 62.3 Å². The summed E-state index contributed by atoms with van der Waals surface area (Å²) < 4.78 is 51.3. The van der Waals surface area contributed by atoms with E-state index >= 15 is 0 Å². The second-order valence-corrected chi connectivity index (χ2v) is 18.7. The van der Waals surface area contributed by atoms with Gasteiger partial charge >= 0.3 is 11.9 Å². The van der Waals surface area contributed by atoms with Crippen LogP contribution in [0.4, 0.5) is 0 Å². The summed E-state index contributed by atoms with van der Waals surface area (Å²) in [7, 11) is 7.37. The second kappa shape index (κ2) is 21.1. The molecule has 0 radical (unpaired) electrons. The Kier molecular flexibility index (Phi) is 17.8. The molecule has 0 amide bonds. The lowest BCUT2D eigenvalue weighted by Crippen LogP contribution is -2.61. The monoisotopic (exact) mass is 858 g/mol. The van der Waals surface area contributed by atoms with Crippen LogP contribution in [0, 0.1) is 29.1 Å². The molecule has 4 rings (SSSR count). The van der Waals surface area contributed by atoms with Crippen molar-refractivity contribution in [1.82, 2.24) is 9.80 Å². The Bertz CT molecular complexity index is 1450. The molecule has 0 aliphatic carbocycles. The Morgan fingerprint density at radius 2 is 1.72 bits per heavy atom. The highest BCUT2D eigenvalue weighted by atomic mass is 17.5. The van der Waals surface area contributed by atoms with Crippen LogP contribution in [0.15, 0.2) is 0 Å². The quantitative estimate of drug-likeness (QED) is 0.176. The zero-order valence-corrected chi connectivity index (χ0v) is 38.7. The van der Waals surface area contributed by atoms with Gasteiger partial charge in [0.05, 0.1) is 66.7 Å². The molecule has 60 heavy (non-hydrogen) atoms. The maximum atomic E-state index is 14.6. The van der Waals surface area contributed by atoms with E-state index in [4.69, 9.17) is 58.0 Å². The van der Waals surface area contributed by atoms with E-state index in [9.17, 15) is 14.7 Å². The topological polar surface area (TPSA) is 186 Å². The second-order valence-electron chi connectivity index (χ2n) is 18.7. The number of carbonyl (C=O) groups is 2. The highest BCUT2D eigenvalue weighted by molar-refractivity contribution is 5.73. The van der Waals surface area contributed by atoms with E-state index in [2.05, 4.69) is 17.9 Å². The third kappa shape index (κ3) is 11.5. The number of cyclic esters (lactones) is 1. The van der Waals surface area contributed by atoms with Crippen molar-refractivity contribution in [2.75, 3.05) is 41.4 Å². The molecule has 18 atom stereocenters. The number of hydrogen-bond acceptors (Lipinski definition) is 17. The molecule has 4 heterocycles. The predicted molar refractivity (Wildman–Crippen MR) is 217 cm³/mol. The molecular weight excluding hydrogens is 782 g/mol. The zero-order chi connectivity index (χ0) is 44.9. The highest BCUT2D eigenvalue weighted by Gasteiger charge is 2.57. The molecular formula is C43H75N3O14. The van der Waals surface area contributed by atoms with E-state index in [0.29, 0.717) is 19.4 Å². The van der Waals surface area contributed by atoms with Crippen molar-refractivity contribution in [3.8, 4) is 6.07 Å². The third-order valence-electron chi connectivity index (χ3n) is 13.2. The van der Waals surface area contributed by atoms with Crippen LogP contribution in [0.25, 0.3) is 0 Å². The number of rotatable bonds is 11. The SMILES string of the molecule is CC[C@H]1OC(=O)[C@H](C)[C@@H](O[C@H]2C[C@@](C)(OC)[C@@H](OCCC#N)[C@H](C)O2)[C@H](C)[C@@H](O[C@@H]2O[C@H](C)C[C@H](N(C)C)[C@H]2OC(C)=O)[C@](C)(O)C[C@@H](C)CN(C)[C@H](C)[C@H]2OOO[C@@]21C. The van der Waals surface area contributed by atoms with Gasteiger partial charge in [-0.25, -0.2) is 0 Å². The first-order valence-corrected chi connectivity index (χ1v) is 21.7. The Morgan fingerprint density at radius 1 is 1.03 bits per heavy atom. The average Bonchev–Trinajstić information content (AvgIpc) is 3.56. The van der Waals surface area contributed by atoms with Crippen LogP contribution in [-0.4, -0.2) is 159 Å². The fourth-order valence-electron chi connectivity index (χ4n) is 9.95. The van der Waals surface area contributed by atoms with Crippen molar-refractivity contribution in [3.05, 3.63) is 0 Å². The summed E-state index contributed by atoms with van der Waals surface area (Å²) in [4.78, 5) is 42.8. The van der Waals surface area contributed by atoms with Gasteiger partial charge in [0.25, 0.3) is 0 Å². The van der Waals surface area contributed by atoms with Crippen molar-refractivity contribution in [2.24, 2.45) is 17.8 Å². The lowest BCUT2D eigenvalue weighted by Gasteiger charge is -2.49. The summed E-state index contributed by atoms with van der Waals surface area (Å²) in [6.45, 7) is 20.9. The van der Waals surface area contributed by atoms with E-state index in [1.165, 1.54) is 6.92 Å². The van der Waals surface area contributed by atoms with Crippen molar-refractivity contribution < 1.29 is 67.4 Å². The first-order valence-electron chi connectivity index (χ1n) is 21.7. The number of likely N-dealkylation sites (N-methyl/N-ethyl adjacent to an activating group) is 2. The summed E-state index contributed by atoms with van der Waals surface area (Å²) in [5.41, 5.74) is -3.64. The van der Waals surface area contributed by atoms with Crippen LogP contribution in [0.1, 0.15) is 108 Å². The van der Waals surface area contributed by atoms with E-state index in [0.717, 1.165) is 0 Å². The van der Waals surface area contributed by atoms with Gasteiger partial charge in [-0.1, -0.05) is 25.8 Å². The molecule has 4 aliphatic rings. The molecule has 1 N–H and O–H groups in total. The van der Waals surface area contributed by atoms with Crippen LogP contribution in [0.3, 0.4) is 0 Å². The molecule has 4 fully saturated rings. The maximum Gasteiger partial charge on any atom is 0.311 e. The van der Waals surface area contributed by atoms with Gasteiger partial charge in [0, 0.05) is 39.0 Å². The summed E-state index contributed by atoms with van der Waals surface area (Å²) in [6.07, 6.45) is -6.02. The van der Waals surface area contributed by atoms with E-state index in [1.54, 1.807) is 21.0 Å². The van der Waals surface area contributed by atoms with Crippen molar-refractivity contribution in [2.45, 2.75) is 199 Å². The van der Waals surface area contributed by atoms with Gasteiger partial charge in [0.15, 0.2) is 24.3 Å². The van der Waals surface area contributed by atoms with Gasteiger partial charge in [0.2, 0.25) is 0 Å². The molecule has 17 heteroatoms. The van der Waals surface area contributed by atoms with E-state index in [1.807, 2.05) is 74.5 Å². The van der Waals surface area contributed by atoms with Crippen molar-refractivity contribution in [1.29, 1.82) is 5.26 Å².